The van der Waals surface area contributed by atoms with Crippen molar-refractivity contribution >= 4 is 11.8 Å². The van der Waals surface area contributed by atoms with Gasteiger partial charge in [-0.05, 0) is 31.5 Å². The lowest BCUT2D eigenvalue weighted by atomic mass is 9.83. The standard InChI is InChI=1S/C21H22F2N2O2/c1-21(2,16-6-4-3-5-7-16)20(27)25-10-8-24(9-11-25)19(26)15-12-17(22)14-18(23)13-15/h3-7,12-14H,8-11H2,1-2H3. The molecule has 0 spiro atoms. The van der Waals surface area contributed by atoms with E-state index in [0.717, 1.165) is 23.8 Å². The minimum absolute atomic E-state index is 0.00222. The summed E-state index contributed by atoms with van der Waals surface area (Å²) in [4.78, 5) is 28.7. The second kappa shape index (κ2) is 7.47. The van der Waals surface area contributed by atoms with Gasteiger partial charge >= 0.3 is 0 Å². The first-order valence-electron chi connectivity index (χ1n) is 8.89. The number of hydrogen-bond donors (Lipinski definition) is 0. The van der Waals surface area contributed by atoms with Gasteiger partial charge in [0.2, 0.25) is 5.91 Å². The van der Waals surface area contributed by atoms with Crippen LogP contribution in [0.1, 0.15) is 29.8 Å². The van der Waals surface area contributed by atoms with Crippen molar-refractivity contribution in [1.29, 1.82) is 0 Å². The monoisotopic (exact) mass is 372 g/mol. The van der Waals surface area contributed by atoms with E-state index in [9.17, 15) is 18.4 Å². The number of carbonyl (C=O) groups is 2. The Hall–Kier alpha value is -2.76. The van der Waals surface area contributed by atoms with Gasteiger partial charge in [0.25, 0.3) is 5.91 Å². The lowest BCUT2D eigenvalue weighted by molar-refractivity contribution is -0.137. The third-order valence-electron chi connectivity index (χ3n) is 4.99. The van der Waals surface area contributed by atoms with Crippen LogP contribution in [0.3, 0.4) is 0 Å². The number of amides is 2. The number of rotatable bonds is 3. The summed E-state index contributed by atoms with van der Waals surface area (Å²) in [5, 5.41) is 0. The SMILES string of the molecule is CC(C)(C(=O)N1CCN(C(=O)c2cc(F)cc(F)c2)CC1)c1ccccc1. The molecule has 2 aromatic rings. The smallest absolute Gasteiger partial charge is 0.254 e. The maximum atomic E-state index is 13.4. The molecular weight excluding hydrogens is 350 g/mol. The summed E-state index contributed by atoms with van der Waals surface area (Å²) in [6, 6.07) is 12.4. The van der Waals surface area contributed by atoms with E-state index in [0.29, 0.717) is 26.2 Å². The van der Waals surface area contributed by atoms with Crippen LogP contribution in [0.5, 0.6) is 0 Å². The van der Waals surface area contributed by atoms with Crippen LogP contribution in [-0.2, 0) is 10.2 Å². The van der Waals surface area contributed by atoms with Gasteiger partial charge in [-0.2, -0.15) is 0 Å². The fraction of sp³-hybridized carbons (Fsp3) is 0.333. The average Bonchev–Trinajstić information content (AvgIpc) is 2.67. The fourth-order valence-corrected chi connectivity index (χ4v) is 3.35. The Morgan fingerprint density at radius 1 is 0.852 bits per heavy atom. The average molecular weight is 372 g/mol. The molecule has 27 heavy (non-hydrogen) atoms. The van der Waals surface area contributed by atoms with Crippen molar-refractivity contribution in [1.82, 2.24) is 9.80 Å². The maximum Gasteiger partial charge on any atom is 0.254 e. The number of piperazine rings is 1. The minimum atomic E-state index is -0.781. The van der Waals surface area contributed by atoms with Gasteiger partial charge in [0, 0.05) is 37.8 Å². The van der Waals surface area contributed by atoms with Crippen molar-refractivity contribution in [3.8, 4) is 0 Å². The number of halogens is 2. The molecule has 1 aliphatic rings. The summed E-state index contributed by atoms with van der Waals surface area (Å²) in [5.74, 6) is -1.99. The highest BCUT2D eigenvalue weighted by atomic mass is 19.1. The number of benzene rings is 2. The largest absolute Gasteiger partial charge is 0.338 e. The van der Waals surface area contributed by atoms with E-state index >= 15 is 0 Å². The quantitative estimate of drug-likeness (QED) is 0.830. The normalized spacial score (nSPS) is 15.0. The molecule has 2 aromatic carbocycles. The van der Waals surface area contributed by atoms with Crippen molar-refractivity contribution in [2.75, 3.05) is 26.2 Å². The highest BCUT2D eigenvalue weighted by Gasteiger charge is 2.35. The van der Waals surface area contributed by atoms with Crippen LogP contribution in [0.15, 0.2) is 48.5 Å². The lowest BCUT2D eigenvalue weighted by Gasteiger charge is -2.38. The molecule has 0 aliphatic carbocycles. The van der Waals surface area contributed by atoms with E-state index in [1.165, 1.54) is 4.90 Å². The minimum Gasteiger partial charge on any atom is -0.338 e. The molecule has 0 bridgehead atoms. The fourth-order valence-electron chi connectivity index (χ4n) is 3.35. The molecule has 0 radical (unpaired) electrons. The Morgan fingerprint density at radius 2 is 1.37 bits per heavy atom. The Labute approximate surface area is 157 Å². The molecule has 3 rings (SSSR count). The topological polar surface area (TPSA) is 40.6 Å². The zero-order valence-corrected chi connectivity index (χ0v) is 15.4. The molecule has 1 aliphatic heterocycles. The zero-order valence-electron chi connectivity index (χ0n) is 15.4. The van der Waals surface area contributed by atoms with E-state index in [2.05, 4.69) is 0 Å². The second-order valence-electron chi connectivity index (χ2n) is 7.23. The van der Waals surface area contributed by atoms with E-state index in [1.54, 1.807) is 4.90 Å². The number of carbonyl (C=O) groups excluding carboxylic acids is 2. The van der Waals surface area contributed by atoms with Crippen LogP contribution in [0.25, 0.3) is 0 Å². The molecule has 4 nitrogen and oxygen atoms in total. The predicted molar refractivity (Wildman–Crippen MR) is 98.3 cm³/mol. The van der Waals surface area contributed by atoms with Crippen LogP contribution in [-0.4, -0.2) is 47.8 Å². The van der Waals surface area contributed by atoms with Gasteiger partial charge in [0.15, 0.2) is 0 Å². The molecule has 0 unspecified atom stereocenters. The van der Waals surface area contributed by atoms with Crippen molar-refractivity contribution in [3.63, 3.8) is 0 Å². The molecule has 0 aromatic heterocycles. The summed E-state index contributed by atoms with van der Waals surface area (Å²) in [7, 11) is 0. The van der Waals surface area contributed by atoms with Gasteiger partial charge in [-0.15, -0.1) is 0 Å². The third-order valence-corrected chi connectivity index (χ3v) is 4.99. The maximum absolute atomic E-state index is 13.4. The zero-order chi connectivity index (χ0) is 19.6. The Balaban J connectivity index is 1.66. The molecule has 2 amide bonds. The second-order valence-corrected chi connectivity index (χ2v) is 7.23. The highest BCUT2D eigenvalue weighted by Crippen LogP contribution is 2.26. The molecule has 0 saturated carbocycles. The van der Waals surface area contributed by atoms with Crippen molar-refractivity contribution in [2.45, 2.75) is 19.3 Å². The van der Waals surface area contributed by atoms with Gasteiger partial charge in [-0.25, -0.2) is 8.78 Å². The Kier molecular flexibility index (Phi) is 5.26. The molecule has 1 saturated heterocycles. The predicted octanol–water partition coefficient (Wildman–Crippen LogP) is 3.23. The summed E-state index contributed by atoms with van der Waals surface area (Å²) in [6.45, 7) is 5.20. The molecule has 1 fully saturated rings. The van der Waals surface area contributed by atoms with E-state index in [4.69, 9.17) is 0 Å². The molecule has 6 heteroatoms. The van der Waals surface area contributed by atoms with E-state index < -0.39 is 23.0 Å². The first-order chi connectivity index (χ1) is 12.8. The van der Waals surface area contributed by atoms with Gasteiger partial charge < -0.3 is 9.80 Å². The Morgan fingerprint density at radius 3 is 1.93 bits per heavy atom. The van der Waals surface area contributed by atoms with Crippen LogP contribution in [0, 0.1) is 11.6 Å². The summed E-state index contributed by atoms with van der Waals surface area (Å²) in [5.41, 5.74) is 0.250. The van der Waals surface area contributed by atoms with Crippen LogP contribution < -0.4 is 0 Å². The van der Waals surface area contributed by atoms with Gasteiger partial charge in [-0.3, -0.25) is 9.59 Å². The van der Waals surface area contributed by atoms with Gasteiger partial charge in [-0.1, -0.05) is 30.3 Å². The molecular formula is C21H22F2N2O2. The van der Waals surface area contributed by atoms with E-state index in [1.807, 2.05) is 44.2 Å². The summed E-state index contributed by atoms with van der Waals surface area (Å²) >= 11 is 0. The number of hydrogen-bond acceptors (Lipinski definition) is 2. The van der Waals surface area contributed by atoms with Gasteiger partial charge in [0.05, 0.1) is 5.41 Å². The Bertz CT molecular complexity index is 824. The molecule has 1 heterocycles. The van der Waals surface area contributed by atoms with Crippen molar-refractivity contribution in [2.24, 2.45) is 0 Å². The summed E-state index contributed by atoms with van der Waals surface area (Å²) in [6.07, 6.45) is 0. The molecule has 0 N–H and O–H groups in total. The van der Waals surface area contributed by atoms with Crippen LogP contribution in [0.2, 0.25) is 0 Å². The molecule has 142 valence electrons. The lowest BCUT2D eigenvalue weighted by Crippen LogP contribution is -2.54. The van der Waals surface area contributed by atoms with Gasteiger partial charge in [0.1, 0.15) is 11.6 Å². The van der Waals surface area contributed by atoms with Crippen molar-refractivity contribution < 1.29 is 18.4 Å². The number of nitrogens with zero attached hydrogens (tertiary/aromatic N) is 2. The van der Waals surface area contributed by atoms with Crippen molar-refractivity contribution in [3.05, 3.63) is 71.3 Å². The van der Waals surface area contributed by atoms with E-state index in [-0.39, 0.29) is 11.5 Å². The molecule has 0 atom stereocenters. The summed E-state index contributed by atoms with van der Waals surface area (Å²) < 4.78 is 26.7. The highest BCUT2D eigenvalue weighted by molar-refractivity contribution is 5.94. The first-order valence-corrected chi connectivity index (χ1v) is 8.89. The van der Waals surface area contributed by atoms with Crippen LogP contribution >= 0.6 is 0 Å². The third kappa shape index (κ3) is 3.99. The first kappa shape index (κ1) is 19.0. The van der Waals surface area contributed by atoms with Crippen LogP contribution in [0.4, 0.5) is 8.78 Å².